The SMILES string of the molecule is Cc1nn(C(=O)OC(C)(C)C)c2cccc(OC[C@@H](O)CNCCOc3cccc4c3OCCO4)c12. The van der Waals surface area contributed by atoms with Gasteiger partial charge in [-0.2, -0.15) is 9.78 Å². The van der Waals surface area contributed by atoms with Crippen LogP contribution in [0, 0.1) is 6.92 Å². The summed E-state index contributed by atoms with van der Waals surface area (Å²) in [5.41, 5.74) is 0.581. The standard InChI is InChI=1S/C26H33N3O7/c1-17-23-19(29(28-17)25(31)36-26(2,3)4)7-5-8-20(23)35-16-18(30)15-27-11-12-32-21-9-6-10-22-24(21)34-14-13-33-22/h5-10,18,27,30H,11-16H2,1-4H3/t18-/m0/s1. The van der Waals surface area contributed by atoms with Crippen LogP contribution in [-0.4, -0.2) is 72.2 Å². The summed E-state index contributed by atoms with van der Waals surface area (Å²) >= 11 is 0. The van der Waals surface area contributed by atoms with Crippen LogP contribution in [0.1, 0.15) is 26.5 Å². The third-order valence-electron chi connectivity index (χ3n) is 5.29. The molecule has 1 aliphatic heterocycles. The van der Waals surface area contributed by atoms with Gasteiger partial charge in [0.15, 0.2) is 11.5 Å². The number of nitrogens with one attached hydrogen (secondary N) is 1. The van der Waals surface area contributed by atoms with Crippen molar-refractivity contribution < 1.29 is 33.6 Å². The van der Waals surface area contributed by atoms with Crippen molar-refractivity contribution >= 4 is 17.0 Å². The number of aliphatic hydroxyl groups excluding tert-OH is 1. The second kappa shape index (κ2) is 11.0. The topological polar surface area (TPSA) is 113 Å². The molecule has 10 nitrogen and oxygen atoms in total. The predicted octanol–water partition coefficient (Wildman–Crippen LogP) is 3.31. The van der Waals surface area contributed by atoms with E-state index >= 15 is 0 Å². The Bertz CT molecular complexity index is 1200. The molecule has 0 aliphatic carbocycles. The zero-order chi connectivity index (χ0) is 25.7. The molecule has 3 aromatic rings. The van der Waals surface area contributed by atoms with Crippen LogP contribution in [0.4, 0.5) is 4.79 Å². The first-order chi connectivity index (χ1) is 17.2. The predicted molar refractivity (Wildman–Crippen MR) is 133 cm³/mol. The number of fused-ring (bicyclic) bond motifs is 2. The number of aromatic nitrogens is 2. The summed E-state index contributed by atoms with van der Waals surface area (Å²) in [6.07, 6.45) is -1.30. The molecule has 2 N–H and O–H groups in total. The monoisotopic (exact) mass is 499 g/mol. The molecule has 4 rings (SSSR count). The zero-order valence-corrected chi connectivity index (χ0v) is 21.1. The van der Waals surface area contributed by atoms with Crippen molar-refractivity contribution in [2.24, 2.45) is 0 Å². The van der Waals surface area contributed by atoms with Crippen molar-refractivity contribution in [2.45, 2.75) is 39.4 Å². The summed E-state index contributed by atoms with van der Waals surface area (Å²) in [5.74, 6) is 2.48. The van der Waals surface area contributed by atoms with E-state index in [0.29, 0.717) is 72.5 Å². The van der Waals surface area contributed by atoms with Gasteiger partial charge in [-0.15, -0.1) is 0 Å². The van der Waals surface area contributed by atoms with E-state index in [1.54, 1.807) is 45.9 Å². The minimum absolute atomic E-state index is 0.0708. The molecule has 2 aromatic carbocycles. The number of aliphatic hydroxyl groups is 1. The summed E-state index contributed by atoms with van der Waals surface area (Å²) in [7, 11) is 0. The number of hydrogen-bond donors (Lipinski definition) is 2. The lowest BCUT2D eigenvalue weighted by molar-refractivity contribution is 0.0522. The van der Waals surface area contributed by atoms with Gasteiger partial charge in [0.05, 0.1) is 16.6 Å². The molecule has 2 heterocycles. The van der Waals surface area contributed by atoms with Gasteiger partial charge < -0.3 is 34.1 Å². The van der Waals surface area contributed by atoms with Crippen molar-refractivity contribution in [3.63, 3.8) is 0 Å². The number of benzene rings is 2. The normalized spacial score (nSPS) is 13.9. The van der Waals surface area contributed by atoms with Crippen molar-refractivity contribution in [3.8, 4) is 23.0 Å². The van der Waals surface area contributed by atoms with Crippen LogP contribution in [0.3, 0.4) is 0 Å². The number of aryl methyl sites for hydroxylation is 1. The maximum absolute atomic E-state index is 12.6. The third kappa shape index (κ3) is 6.19. The number of para-hydroxylation sites is 1. The van der Waals surface area contributed by atoms with Crippen molar-refractivity contribution in [1.82, 2.24) is 15.1 Å². The van der Waals surface area contributed by atoms with Crippen molar-refractivity contribution in [2.75, 3.05) is 39.5 Å². The molecule has 194 valence electrons. The molecule has 1 aromatic heterocycles. The van der Waals surface area contributed by atoms with E-state index in [9.17, 15) is 9.90 Å². The summed E-state index contributed by atoms with van der Waals surface area (Å²) in [5, 5.41) is 18.6. The minimum atomic E-state index is -0.748. The number of hydrogen-bond acceptors (Lipinski definition) is 9. The van der Waals surface area contributed by atoms with Gasteiger partial charge in [0, 0.05) is 13.1 Å². The number of carbonyl (C=O) groups is 1. The molecule has 0 fully saturated rings. The van der Waals surface area contributed by atoms with Gasteiger partial charge in [0.1, 0.15) is 43.9 Å². The highest BCUT2D eigenvalue weighted by Crippen LogP contribution is 2.38. The maximum Gasteiger partial charge on any atom is 0.435 e. The number of carbonyl (C=O) groups excluding carboxylic acids is 1. The Morgan fingerprint density at radius 2 is 1.89 bits per heavy atom. The molecule has 0 radical (unpaired) electrons. The summed E-state index contributed by atoms with van der Waals surface area (Å²) < 4.78 is 29.6. The smallest absolute Gasteiger partial charge is 0.435 e. The third-order valence-corrected chi connectivity index (χ3v) is 5.29. The zero-order valence-electron chi connectivity index (χ0n) is 21.1. The largest absolute Gasteiger partial charge is 0.490 e. The first-order valence-electron chi connectivity index (χ1n) is 12.0. The Morgan fingerprint density at radius 3 is 2.69 bits per heavy atom. The lowest BCUT2D eigenvalue weighted by atomic mass is 10.2. The molecule has 0 spiro atoms. The molecule has 0 saturated carbocycles. The molecular formula is C26H33N3O7. The van der Waals surface area contributed by atoms with Gasteiger partial charge >= 0.3 is 6.09 Å². The molecule has 0 bridgehead atoms. The van der Waals surface area contributed by atoms with Gasteiger partial charge in [0.2, 0.25) is 5.75 Å². The Kier molecular flexibility index (Phi) is 7.85. The lowest BCUT2D eigenvalue weighted by Gasteiger charge is -2.21. The quantitative estimate of drug-likeness (QED) is 0.428. The molecule has 0 saturated heterocycles. The van der Waals surface area contributed by atoms with Gasteiger partial charge in [-0.25, -0.2) is 4.79 Å². The average molecular weight is 500 g/mol. The van der Waals surface area contributed by atoms with E-state index in [1.165, 1.54) is 4.68 Å². The summed E-state index contributed by atoms with van der Waals surface area (Å²) in [4.78, 5) is 12.6. The Labute approximate surface area is 210 Å². The number of nitrogens with zero attached hydrogens (tertiary/aromatic N) is 2. The fraction of sp³-hybridized carbons (Fsp3) is 0.462. The molecule has 1 aliphatic rings. The second-order valence-electron chi connectivity index (χ2n) is 9.43. The van der Waals surface area contributed by atoms with Crippen LogP contribution in [-0.2, 0) is 4.74 Å². The highest BCUT2D eigenvalue weighted by Gasteiger charge is 2.23. The van der Waals surface area contributed by atoms with Crippen LogP contribution >= 0.6 is 0 Å². The Morgan fingerprint density at radius 1 is 1.14 bits per heavy atom. The van der Waals surface area contributed by atoms with Crippen LogP contribution in [0.25, 0.3) is 10.9 Å². The fourth-order valence-corrected chi connectivity index (χ4v) is 3.79. The van der Waals surface area contributed by atoms with E-state index in [2.05, 4.69) is 10.4 Å². The Balaban J connectivity index is 1.26. The summed E-state index contributed by atoms with van der Waals surface area (Å²) in [6, 6.07) is 10.9. The van der Waals surface area contributed by atoms with E-state index in [0.717, 1.165) is 0 Å². The van der Waals surface area contributed by atoms with Crippen molar-refractivity contribution in [3.05, 3.63) is 42.1 Å². The van der Waals surface area contributed by atoms with Crippen LogP contribution < -0.4 is 24.3 Å². The highest BCUT2D eigenvalue weighted by atomic mass is 16.6. The van der Waals surface area contributed by atoms with Gasteiger partial charge in [-0.05, 0) is 52.0 Å². The van der Waals surface area contributed by atoms with E-state index < -0.39 is 17.8 Å². The lowest BCUT2D eigenvalue weighted by Crippen LogP contribution is -2.33. The first-order valence-corrected chi connectivity index (χ1v) is 12.0. The highest BCUT2D eigenvalue weighted by molar-refractivity contribution is 5.93. The molecule has 0 amide bonds. The van der Waals surface area contributed by atoms with Crippen LogP contribution in [0.5, 0.6) is 23.0 Å². The van der Waals surface area contributed by atoms with Gasteiger partial charge in [-0.3, -0.25) is 0 Å². The number of rotatable bonds is 9. The van der Waals surface area contributed by atoms with Gasteiger partial charge in [0.25, 0.3) is 0 Å². The van der Waals surface area contributed by atoms with E-state index in [4.69, 9.17) is 23.7 Å². The summed E-state index contributed by atoms with van der Waals surface area (Å²) in [6.45, 7) is 9.55. The van der Waals surface area contributed by atoms with E-state index in [-0.39, 0.29) is 6.61 Å². The first kappa shape index (κ1) is 25.6. The molecular weight excluding hydrogens is 466 g/mol. The average Bonchev–Trinajstić information content (AvgIpc) is 3.19. The second-order valence-corrected chi connectivity index (χ2v) is 9.43. The van der Waals surface area contributed by atoms with Crippen LogP contribution in [0.2, 0.25) is 0 Å². The van der Waals surface area contributed by atoms with Gasteiger partial charge in [-0.1, -0.05) is 12.1 Å². The van der Waals surface area contributed by atoms with E-state index in [1.807, 2.05) is 18.2 Å². The van der Waals surface area contributed by atoms with Crippen molar-refractivity contribution in [1.29, 1.82) is 0 Å². The maximum atomic E-state index is 12.6. The molecule has 36 heavy (non-hydrogen) atoms. The molecule has 1 atom stereocenters. The Hall–Kier alpha value is -3.50. The van der Waals surface area contributed by atoms with Crippen LogP contribution in [0.15, 0.2) is 36.4 Å². The molecule has 0 unspecified atom stereocenters. The molecule has 10 heteroatoms. The fourth-order valence-electron chi connectivity index (χ4n) is 3.79. The minimum Gasteiger partial charge on any atom is -0.490 e. The number of ether oxygens (including phenoxy) is 5.